The summed E-state index contributed by atoms with van der Waals surface area (Å²) in [7, 11) is 1.49. The maximum absolute atomic E-state index is 13.4. The average molecular weight is 508 g/mol. The van der Waals surface area contributed by atoms with Crippen molar-refractivity contribution in [3.63, 3.8) is 0 Å². The van der Waals surface area contributed by atoms with Crippen molar-refractivity contribution in [1.82, 2.24) is 19.7 Å². The van der Waals surface area contributed by atoms with E-state index in [1.54, 1.807) is 30.4 Å². The third-order valence-corrected chi connectivity index (χ3v) is 6.03. The van der Waals surface area contributed by atoms with Crippen LogP contribution in [0.4, 0.5) is 14.9 Å². The first-order valence-corrected chi connectivity index (χ1v) is 11.5. The standard InChI is InChI=1S/C23H27ClFN5O5/c1-23(2,3)21(32)34-12-14-10-30-19(20(31)28(4)35-14)15-11-29(8-7-18(15)27-30)22(33)26-13-5-6-17(25)16(24)9-13/h5-6,9,14H,7-8,10-12H2,1-4H3,(H,26,33). The van der Waals surface area contributed by atoms with Crippen molar-refractivity contribution in [2.24, 2.45) is 5.41 Å². The summed E-state index contributed by atoms with van der Waals surface area (Å²) in [5.41, 5.74) is 1.39. The summed E-state index contributed by atoms with van der Waals surface area (Å²) < 4.78 is 20.4. The number of amides is 3. The molecule has 1 atom stereocenters. The maximum Gasteiger partial charge on any atom is 0.322 e. The summed E-state index contributed by atoms with van der Waals surface area (Å²) in [6.07, 6.45) is -0.158. The van der Waals surface area contributed by atoms with Crippen LogP contribution in [0.25, 0.3) is 0 Å². The topological polar surface area (TPSA) is 106 Å². The summed E-state index contributed by atoms with van der Waals surface area (Å²) >= 11 is 5.80. The van der Waals surface area contributed by atoms with Gasteiger partial charge in [-0.2, -0.15) is 5.10 Å². The van der Waals surface area contributed by atoms with Crippen LogP contribution < -0.4 is 5.32 Å². The van der Waals surface area contributed by atoms with E-state index in [0.29, 0.717) is 29.9 Å². The Balaban J connectivity index is 1.50. The van der Waals surface area contributed by atoms with E-state index < -0.39 is 29.3 Å². The minimum absolute atomic E-state index is 0.0353. The number of hydrogen-bond donors (Lipinski definition) is 1. The minimum atomic E-state index is -0.661. The first-order chi connectivity index (χ1) is 16.4. The van der Waals surface area contributed by atoms with Crippen LogP contribution in [0.5, 0.6) is 0 Å². The quantitative estimate of drug-likeness (QED) is 0.639. The molecular formula is C23H27ClFN5O5. The molecule has 2 aliphatic heterocycles. The second-order valence-electron chi connectivity index (χ2n) is 9.57. The van der Waals surface area contributed by atoms with E-state index in [-0.39, 0.29) is 30.7 Å². The monoisotopic (exact) mass is 507 g/mol. The van der Waals surface area contributed by atoms with Gasteiger partial charge in [0, 0.05) is 31.3 Å². The molecular weight excluding hydrogens is 481 g/mol. The fourth-order valence-corrected chi connectivity index (χ4v) is 4.04. The first kappa shape index (κ1) is 24.9. The molecule has 1 aromatic heterocycles. The second-order valence-corrected chi connectivity index (χ2v) is 9.97. The second kappa shape index (κ2) is 9.46. The number of halogens is 2. The largest absolute Gasteiger partial charge is 0.462 e. The summed E-state index contributed by atoms with van der Waals surface area (Å²) in [5, 5.41) is 8.31. The molecule has 2 aliphatic rings. The number of nitrogens with one attached hydrogen (secondary N) is 1. The SMILES string of the molecule is CN1OC(COC(=O)C(C)(C)C)Cn2nc3c(c2C1=O)CN(C(=O)Nc1ccc(F)c(Cl)c1)CC3. The lowest BCUT2D eigenvalue weighted by atomic mass is 9.97. The lowest BCUT2D eigenvalue weighted by Crippen LogP contribution is -2.39. The highest BCUT2D eigenvalue weighted by molar-refractivity contribution is 6.31. The van der Waals surface area contributed by atoms with E-state index in [1.165, 1.54) is 25.2 Å². The zero-order valence-corrected chi connectivity index (χ0v) is 20.7. The number of esters is 1. The molecule has 0 radical (unpaired) electrons. The number of anilines is 1. The zero-order valence-electron chi connectivity index (χ0n) is 19.9. The number of rotatable bonds is 3. The smallest absolute Gasteiger partial charge is 0.322 e. The number of urea groups is 1. The molecule has 12 heteroatoms. The van der Waals surface area contributed by atoms with Gasteiger partial charge in [0.05, 0.1) is 29.2 Å². The first-order valence-electron chi connectivity index (χ1n) is 11.2. The number of benzene rings is 1. The van der Waals surface area contributed by atoms with E-state index >= 15 is 0 Å². The van der Waals surface area contributed by atoms with Crippen LogP contribution in [0, 0.1) is 11.2 Å². The van der Waals surface area contributed by atoms with Crippen LogP contribution in [0.3, 0.4) is 0 Å². The van der Waals surface area contributed by atoms with Gasteiger partial charge in [-0.05, 0) is 39.0 Å². The van der Waals surface area contributed by atoms with Crippen molar-refractivity contribution in [3.8, 4) is 0 Å². The Kier molecular flexibility index (Phi) is 6.74. The van der Waals surface area contributed by atoms with Gasteiger partial charge in [-0.15, -0.1) is 0 Å². The molecule has 35 heavy (non-hydrogen) atoms. The third kappa shape index (κ3) is 5.25. The predicted octanol–water partition coefficient (Wildman–Crippen LogP) is 3.24. The van der Waals surface area contributed by atoms with Crippen LogP contribution in [0.1, 0.15) is 42.5 Å². The third-order valence-electron chi connectivity index (χ3n) is 5.74. The van der Waals surface area contributed by atoms with Crippen molar-refractivity contribution in [1.29, 1.82) is 0 Å². The van der Waals surface area contributed by atoms with Gasteiger partial charge in [-0.3, -0.25) is 19.1 Å². The van der Waals surface area contributed by atoms with E-state index in [1.807, 2.05) is 0 Å². The molecule has 1 N–H and O–H groups in total. The number of ether oxygens (including phenoxy) is 1. The van der Waals surface area contributed by atoms with Gasteiger partial charge in [-0.25, -0.2) is 14.2 Å². The Hall–Kier alpha value is -3.18. The fourth-order valence-electron chi connectivity index (χ4n) is 3.86. The van der Waals surface area contributed by atoms with Crippen LogP contribution in [0.15, 0.2) is 18.2 Å². The van der Waals surface area contributed by atoms with Crippen molar-refractivity contribution in [3.05, 3.63) is 46.0 Å². The molecule has 0 fully saturated rings. The molecule has 0 saturated heterocycles. The maximum atomic E-state index is 13.4. The molecule has 1 unspecified atom stereocenters. The van der Waals surface area contributed by atoms with Crippen LogP contribution in [-0.4, -0.2) is 64.0 Å². The van der Waals surface area contributed by atoms with Crippen molar-refractivity contribution >= 4 is 35.2 Å². The summed E-state index contributed by atoms with van der Waals surface area (Å²) in [5.74, 6) is -1.36. The molecule has 0 saturated carbocycles. The highest BCUT2D eigenvalue weighted by Gasteiger charge is 2.36. The molecule has 3 amide bonds. The zero-order chi connectivity index (χ0) is 25.5. The molecule has 0 spiro atoms. The number of aromatic nitrogens is 2. The van der Waals surface area contributed by atoms with Gasteiger partial charge in [0.15, 0.2) is 0 Å². The number of fused-ring (bicyclic) bond motifs is 3. The fraction of sp³-hybridized carbons (Fsp3) is 0.478. The highest BCUT2D eigenvalue weighted by Crippen LogP contribution is 2.27. The van der Waals surface area contributed by atoms with Gasteiger partial charge in [-0.1, -0.05) is 11.6 Å². The molecule has 188 valence electrons. The van der Waals surface area contributed by atoms with E-state index in [2.05, 4.69) is 10.4 Å². The molecule has 1 aromatic carbocycles. The average Bonchev–Trinajstić information content (AvgIpc) is 3.09. The van der Waals surface area contributed by atoms with Crippen molar-refractivity contribution < 1.29 is 28.3 Å². The number of hydrogen-bond acceptors (Lipinski definition) is 6. The molecule has 10 nitrogen and oxygen atoms in total. The predicted molar refractivity (Wildman–Crippen MR) is 124 cm³/mol. The van der Waals surface area contributed by atoms with E-state index in [4.69, 9.17) is 21.2 Å². The van der Waals surface area contributed by atoms with Gasteiger partial charge < -0.3 is 15.0 Å². The van der Waals surface area contributed by atoms with E-state index in [9.17, 15) is 18.8 Å². The highest BCUT2D eigenvalue weighted by atomic mass is 35.5. The Morgan fingerprint density at radius 3 is 2.77 bits per heavy atom. The molecule has 0 aliphatic carbocycles. The summed E-state index contributed by atoms with van der Waals surface area (Å²) in [4.78, 5) is 45.4. The van der Waals surface area contributed by atoms with E-state index in [0.717, 1.165) is 10.8 Å². The van der Waals surface area contributed by atoms with Crippen LogP contribution in [-0.2, 0) is 33.9 Å². The number of nitrogens with zero attached hydrogens (tertiary/aromatic N) is 4. The number of carbonyl (C=O) groups excluding carboxylic acids is 3. The Labute approximate surface area is 206 Å². The van der Waals surface area contributed by atoms with Crippen LogP contribution >= 0.6 is 11.6 Å². The lowest BCUT2D eigenvalue weighted by Gasteiger charge is -2.27. The Bertz CT molecular complexity index is 1180. The van der Waals surface area contributed by atoms with Gasteiger partial charge in [0.25, 0.3) is 5.91 Å². The molecule has 3 heterocycles. The molecule has 2 aromatic rings. The normalized spacial score (nSPS) is 18.0. The van der Waals surface area contributed by atoms with Gasteiger partial charge in [0.1, 0.15) is 24.2 Å². The summed E-state index contributed by atoms with van der Waals surface area (Å²) in [6.45, 7) is 5.98. The van der Waals surface area contributed by atoms with Gasteiger partial charge in [0.2, 0.25) is 0 Å². The van der Waals surface area contributed by atoms with Crippen molar-refractivity contribution in [2.45, 2.75) is 46.4 Å². The number of hydroxylamine groups is 2. The Morgan fingerprint density at radius 1 is 1.34 bits per heavy atom. The molecule has 4 rings (SSSR count). The van der Waals surface area contributed by atoms with Crippen molar-refractivity contribution in [2.75, 3.05) is 25.5 Å². The number of carbonyl (C=O) groups is 3. The Morgan fingerprint density at radius 2 is 2.09 bits per heavy atom. The molecule has 0 bridgehead atoms. The lowest BCUT2D eigenvalue weighted by molar-refractivity contribution is -0.180. The minimum Gasteiger partial charge on any atom is -0.462 e. The summed E-state index contributed by atoms with van der Waals surface area (Å²) in [6, 6.07) is 3.52. The van der Waals surface area contributed by atoms with Crippen LogP contribution in [0.2, 0.25) is 5.02 Å². The van der Waals surface area contributed by atoms with Gasteiger partial charge >= 0.3 is 12.0 Å².